The summed E-state index contributed by atoms with van der Waals surface area (Å²) < 4.78 is 16.1. The van der Waals surface area contributed by atoms with E-state index in [4.69, 9.17) is 14.2 Å². The fourth-order valence-electron chi connectivity index (χ4n) is 3.07. The summed E-state index contributed by atoms with van der Waals surface area (Å²) in [6, 6.07) is 10.3. The average Bonchev–Trinajstić information content (AvgIpc) is 3.14. The molecule has 0 saturated heterocycles. The maximum atomic E-state index is 12.6. The molecule has 0 fully saturated rings. The van der Waals surface area contributed by atoms with Gasteiger partial charge in [-0.1, -0.05) is 0 Å². The number of carbonyl (C=O) groups is 2. The van der Waals surface area contributed by atoms with Crippen LogP contribution in [0.5, 0.6) is 17.2 Å². The van der Waals surface area contributed by atoms with Crippen LogP contribution in [-0.4, -0.2) is 57.3 Å². The van der Waals surface area contributed by atoms with Gasteiger partial charge in [0.1, 0.15) is 5.75 Å². The maximum Gasteiger partial charge on any atom is 0.265 e. The molecule has 4 rings (SSSR count). The van der Waals surface area contributed by atoms with Gasteiger partial charge in [-0.15, -0.1) is 0 Å². The van der Waals surface area contributed by atoms with Gasteiger partial charge in [-0.2, -0.15) is 0 Å². The molecule has 0 aromatic heterocycles. The monoisotopic (exact) mass is 383 g/mol. The Hall–Kier alpha value is -3.26. The molecule has 8 heteroatoms. The maximum absolute atomic E-state index is 12.6. The van der Waals surface area contributed by atoms with Crippen LogP contribution in [0.2, 0.25) is 0 Å². The second-order valence-electron chi connectivity index (χ2n) is 6.84. The molecule has 2 amide bonds. The van der Waals surface area contributed by atoms with Crippen LogP contribution >= 0.6 is 0 Å². The number of carbonyl (C=O) groups excluding carboxylic acids is 2. The first-order valence-corrected chi connectivity index (χ1v) is 8.94. The summed E-state index contributed by atoms with van der Waals surface area (Å²) in [7, 11) is 3.90. The molecule has 0 bridgehead atoms. The first kappa shape index (κ1) is 18.1. The molecule has 146 valence electrons. The molecular formula is C20H21N3O5. The van der Waals surface area contributed by atoms with E-state index in [0.717, 1.165) is 6.54 Å². The van der Waals surface area contributed by atoms with Crippen molar-refractivity contribution in [2.45, 2.75) is 0 Å². The van der Waals surface area contributed by atoms with E-state index in [1.165, 1.54) is 0 Å². The second kappa shape index (κ2) is 7.40. The van der Waals surface area contributed by atoms with Crippen molar-refractivity contribution in [3.05, 3.63) is 42.0 Å². The van der Waals surface area contributed by atoms with Crippen molar-refractivity contribution in [3.8, 4) is 17.2 Å². The molecule has 2 aromatic rings. The number of fused-ring (bicyclic) bond motifs is 2. The number of hydrogen-bond acceptors (Lipinski definition) is 6. The summed E-state index contributed by atoms with van der Waals surface area (Å²) in [4.78, 5) is 28.6. The van der Waals surface area contributed by atoms with Crippen molar-refractivity contribution < 1.29 is 23.8 Å². The molecule has 0 atom stereocenters. The van der Waals surface area contributed by atoms with Crippen LogP contribution < -0.4 is 24.4 Å². The summed E-state index contributed by atoms with van der Waals surface area (Å²) in [6.45, 7) is 1.44. The topological polar surface area (TPSA) is 80.3 Å². The Labute approximate surface area is 162 Å². The first-order chi connectivity index (χ1) is 13.5. The van der Waals surface area contributed by atoms with E-state index < -0.39 is 0 Å². The summed E-state index contributed by atoms with van der Waals surface area (Å²) >= 11 is 0. The minimum atomic E-state index is -0.277. The average molecular weight is 383 g/mol. The zero-order chi connectivity index (χ0) is 19.7. The molecule has 0 unspecified atom stereocenters. The van der Waals surface area contributed by atoms with Crippen LogP contribution in [0.4, 0.5) is 11.4 Å². The van der Waals surface area contributed by atoms with Gasteiger partial charge in [-0.05, 0) is 50.5 Å². The summed E-state index contributed by atoms with van der Waals surface area (Å²) in [5.74, 6) is 1.42. The molecule has 28 heavy (non-hydrogen) atoms. The molecule has 2 aromatic carbocycles. The first-order valence-electron chi connectivity index (χ1n) is 8.94. The molecule has 2 aliphatic rings. The van der Waals surface area contributed by atoms with E-state index in [2.05, 4.69) is 5.32 Å². The van der Waals surface area contributed by atoms with Crippen LogP contribution in [0.3, 0.4) is 0 Å². The molecule has 0 radical (unpaired) electrons. The molecule has 0 aliphatic carbocycles. The van der Waals surface area contributed by atoms with Gasteiger partial charge in [-0.3, -0.25) is 9.59 Å². The van der Waals surface area contributed by atoms with Crippen molar-refractivity contribution in [1.29, 1.82) is 0 Å². The molecule has 0 saturated carbocycles. The number of rotatable bonds is 5. The number of nitrogens with one attached hydrogen (secondary N) is 1. The Bertz CT molecular complexity index is 928. The minimum absolute atomic E-state index is 0.0172. The Balaban J connectivity index is 1.54. The van der Waals surface area contributed by atoms with Crippen molar-refractivity contribution >= 4 is 23.2 Å². The number of hydrogen-bond donors (Lipinski definition) is 1. The van der Waals surface area contributed by atoms with Gasteiger partial charge >= 0.3 is 0 Å². The predicted octanol–water partition coefficient (Wildman–Crippen LogP) is 1.95. The number of anilines is 2. The second-order valence-corrected chi connectivity index (χ2v) is 6.84. The lowest BCUT2D eigenvalue weighted by molar-refractivity contribution is -0.121. The predicted molar refractivity (Wildman–Crippen MR) is 103 cm³/mol. The van der Waals surface area contributed by atoms with Gasteiger partial charge in [0.15, 0.2) is 18.1 Å². The molecular weight excluding hydrogens is 362 g/mol. The number of benzene rings is 2. The van der Waals surface area contributed by atoms with Gasteiger partial charge in [0.25, 0.3) is 11.8 Å². The van der Waals surface area contributed by atoms with Crippen molar-refractivity contribution in [3.63, 3.8) is 0 Å². The molecule has 2 aliphatic heterocycles. The highest BCUT2D eigenvalue weighted by Crippen LogP contribution is 2.35. The third-order valence-electron chi connectivity index (χ3n) is 4.57. The Kier molecular flexibility index (Phi) is 4.79. The smallest absolute Gasteiger partial charge is 0.265 e. The normalized spacial score (nSPS) is 14.7. The summed E-state index contributed by atoms with van der Waals surface area (Å²) in [5.41, 5.74) is 1.69. The lowest BCUT2D eigenvalue weighted by Crippen LogP contribution is -2.42. The number of ether oxygens (including phenoxy) is 3. The fourth-order valence-corrected chi connectivity index (χ4v) is 3.07. The van der Waals surface area contributed by atoms with Gasteiger partial charge in [0.05, 0.1) is 5.69 Å². The standard InChI is InChI=1S/C20H21N3O5/c1-22(2)7-8-23-15-10-14(4-6-16(15)26-11-19(23)24)21-20(25)13-3-5-17-18(9-13)28-12-27-17/h3-6,9-10H,7-8,11-12H2,1-2H3,(H,21,25). The highest BCUT2D eigenvalue weighted by Gasteiger charge is 2.26. The number of nitrogens with zero attached hydrogens (tertiary/aromatic N) is 2. The zero-order valence-electron chi connectivity index (χ0n) is 15.7. The Morgan fingerprint density at radius 2 is 1.86 bits per heavy atom. The molecule has 8 nitrogen and oxygen atoms in total. The van der Waals surface area contributed by atoms with Crippen molar-refractivity contribution in [2.75, 3.05) is 50.8 Å². The van der Waals surface area contributed by atoms with Gasteiger partial charge in [-0.25, -0.2) is 0 Å². The van der Waals surface area contributed by atoms with E-state index >= 15 is 0 Å². The quantitative estimate of drug-likeness (QED) is 0.850. The van der Waals surface area contributed by atoms with Crippen LogP contribution in [0.25, 0.3) is 0 Å². The van der Waals surface area contributed by atoms with E-state index in [1.54, 1.807) is 41.3 Å². The molecule has 1 N–H and O–H groups in total. The van der Waals surface area contributed by atoms with Gasteiger partial charge in [0.2, 0.25) is 6.79 Å². The van der Waals surface area contributed by atoms with Crippen LogP contribution in [-0.2, 0) is 4.79 Å². The zero-order valence-corrected chi connectivity index (χ0v) is 15.7. The van der Waals surface area contributed by atoms with Crippen LogP contribution in [0.15, 0.2) is 36.4 Å². The van der Waals surface area contributed by atoms with Gasteiger partial charge in [0, 0.05) is 24.3 Å². The van der Waals surface area contributed by atoms with Crippen LogP contribution in [0.1, 0.15) is 10.4 Å². The lowest BCUT2D eigenvalue weighted by Gasteiger charge is -2.30. The third-order valence-corrected chi connectivity index (χ3v) is 4.57. The molecule has 2 heterocycles. The third kappa shape index (κ3) is 3.59. The van der Waals surface area contributed by atoms with E-state index in [-0.39, 0.29) is 25.2 Å². The summed E-state index contributed by atoms with van der Waals surface area (Å²) in [5, 5.41) is 2.86. The highest BCUT2D eigenvalue weighted by atomic mass is 16.7. The number of amides is 2. The minimum Gasteiger partial charge on any atom is -0.482 e. The van der Waals surface area contributed by atoms with Crippen LogP contribution in [0, 0.1) is 0 Å². The van der Waals surface area contributed by atoms with E-state index in [1.807, 2.05) is 19.0 Å². The largest absolute Gasteiger partial charge is 0.482 e. The highest BCUT2D eigenvalue weighted by molar-refractivity contribution is 6.05. The van der Waals surface area contributed by atoms with E-state index in [0.29, 0.717) is 40.7 Å². The van der Waals surface area contributed by atoms with E-state index in [9.17, 15) is 9.59 Å². The van der Waals surface area contributed by atoms with Gasteiger partial charge < -0.3 is 29.3 Å². The fraction of sp³-hybridized carbons (Fsp3) is 0.300. The lowest BCUT2D eigenvalue weighted by atomic mass is 10.1. The molecule has 0 spiro atoms. The van der Waals surface area contributed by atoms with Crippen molar-refractivity contribution in [2.24, 2.45) is 0 Å². The Morgan fingerprint density at radius 1 is 1.07 bits per heavy atom. The van der Waals surface area contributed by atoms with Crippen molar-refractivity contribution in [1.82, 2.24) is 4.90 Å². The SMILES string of the molecule is CN(C)CCN1C(=O)COc2ccc(NC(=O)c3ccc4c(c3)OCO4)cc21. The summed E-state index contributed by atoms with van der Waals surface area (Å²) in [6.07, 6.45) is 0. The number of likely N-dealkylation sites (N-methyl/N-ethyl adjacent to an activating group) is 1. The Morgan fingerprint density at radius 3 is 2.68 bits per heavy atom.